The maximum atomic E-state index is 14.3. The lowest BCUT2D eigenvalue weighted by atomic mass is 9.90. The number of aliphatic hydroxyl groups excluding tert-OH is 2. The highest BCUT2D eigenvalue weighted by molar-refractivity contribution is 6.31. The maximum absolute atomic E-state index is 14.3. The van der Waals surface area contributed by atoms with Crippen LogP contribution >= 0.6 is 11.6 Å². The van der Waals surface area contributed by atoms with E-state index in [9.17, 15) is 19.4 Å². The summed E-state index contributed by atoms with van der Waals surface area (Å²) in [5.74, 6) is 0.759. The first-order chi connectivity index (χ1) is 14.8. The number of ether oxygens (including phenoxy) is 3. The fourth-order valence-corrected chi connectivity index (χ4v) is 3.67. The molecule has 1 saturated heterocycles. The molecule has 0 aliphatic carbocycles. The fraction of sp³-hybridized carbons (Fsp3) is 0.409. The van der Waals surface area contributed by atoms with Crippen molar-refractivity contribution in [3.8, 4) is 5.75 Å². The molecule has 1 fully saturated rings. The highest BCUT2D eigenvalue weighted by atomic mass is 35.5. The first kappa shape index (κ1) is 23.3. The normalized spacial score (nSPS) is 25.8. The Bertz CT molecular complexity index is 892. The summed E-state index contributed by atoms with van der Waals surface area (Å²) in [7, 11) is 0. The number of alkyl halides is 1. The van der Waals surface area contributed by atoms with Crippen LogP contribution in [0.4, 0.5) is 9.18 Å². The van der Waals surface area contributed by atoms with Gasteiger partial charge in [-0.1, -0.05) is 35.9 Å². The molecule has 0 saturated carbocycles. The van der Waals surface area contributed by atoms with Crippen molar-refractivity contribution in [1.82, 2.24) is 0 Å². The molecule has 0 spiro atoms. The molecule has 0 amide bonds. The van der Waals surface area contributed by atoms with Gasteiger partial charge >= 0.3 is 6.16 Å². The summed E-state index contributed by atoms with van der Waals surface area (Å²) < 4.78 is 29.7. The van der Waals surface area contributed by atoms with Crippen LogP contribution in [-0.2, 0) is 15.9 Å². The van der Waals surface area contributed by atoms with Gasteiger partial charge in [-0.2, -0.15) is 0 Å². The number of benzene rings is 2. The Morgan fingerprint density at radius 2 is 1.87 bits per heavy atom. The van der Waals surface area contributed by atoms with E-state index in [2.05, 4.69) is 4.74 Å². The van der Waals surface area contributed by atoms with Crippen molar-refractivity contribution >= 4 is 17.8 Å². The lowest BCUT2D eigenvalue weighted by Gasteiger charge is -2.39. The van der Waals surface area contributed by atoms with Gasteiger partial charge in [-0.25, -0.2) is 9.18 Å². The molecule has 3 rings (SSSR count). The molecular formula is C22H24ClFO7. The molecule has 5 atom stereocenters. The second-order valence-corrected chi connectivity index (χ2v) is 7.61. The van der Waals surface area contributed by atoms with Gasteiger partial charge in [0.1, 0.15) is 36.8 Å². The van der Waals surface area contributed by atoms with E-state index in [1.165, 1.54) is 0 Å². The standard InChI is InChI=1S/C22H24ClFO7/c1-2-29-15-6-3-12(4-7-15)9-14-10-13(5-8-16(14)23)21-20(26)19(25)18(24)17(31-21)11-30-22(27)28/h3-8,10,17-21,25-26H,2,9,11H2,1H3,(H,27,28). The van der Waals surface area contributed by atoms with E-state index in [0.29, 0.717) is 23.6 Å². The molecule has 0 aromatic heterocycles. The number of hydrogen-bond donors (Lipinski definition) is 3. The highest BCUT2D eigenvalue weighted by Gasteiger charge is 2.46. The molecule has 1 aliphatic heterocycles. The summed E-state index contributed by atoms with van der Waals surface area (Å²) in [6.45, 7) is 1.87. The van der Waals surface area contributed by atoms with Crippen molar-refractivity contribution in [1.29, 1.82) is 0 Å². The number of halogens is 2. The average Bonchev–Trinajstić information content (AvgIpc) is 2.75. The summed E-state index contributed by atoms with van der Waals surface area (Å²) >= 11 is 6.34. The summed E-state index contributed by atoms with van der Waals surface area (Å²) in [4.78, 5) is 10.6. The third kappa shape index (κ3) is 5.65. The molecule has 1 heterocycles. The largest absolute Gasteiger partial charge is 0.505 e. The summed E-state index contributed by atoms with van der Waals surface area (Å²) in [5.41, 5.74) is 2.20. The molecule has 3 N–H and O–H groups in total. The van der Waals surface area contributed by atoms with E-state index in [0.717, 1.165) is 16.9 Å². The molecule has 31 heavy (non-hydrogen) atoms. The van der Waals surface area contributed by atoms with Crippen LogP contribution in [-0.4, -0.2) is 59.2 Å². The average molecular weight is 455 g/mol. The first-order valence-corrected chi connectivity index (χ1v) is 10.2. The Morgan fingerprint density at radius 3 is 2.52 bits per heavy atom. The lowest BCUT2D eigenvalue weighted by molar-refractivity contribution is -0.214. The van der Waals surface area contributed by atoms with Gasteiger partial charge in [-0.05, 0) is 48.2 Å². The van der Waals surface area contributed by atoms with Crippen molar-refractivity contribution in [2.75, 3.05) is 13.2 Å². The van der Waals surface area contributed by atoms with Crippen LogP contribution in [0, 0.1) is 0 Å². The predicted molar refractivity (Wildman–Crippen MR) is 110 cm³/mol. The van der Waals surface area contributed by atoms with E-state index in [1.807, 2.05) is 31.2 Å². The molecule has 9 heteroatoms. The van der Waals surface area contributed by atoms with E-state index in [1.54, 1.807) is 18.2 Å². The van der Waals surface area contributed by atoms with Gasteiger partial charge in [-0.15, -0.1) is 0 Å². The van der Waals surface area contributed by atoms with Gasteiger partial charge in [0, 0.05) is 5.02 Å². The highest BCUT2D eigenvalue weighted by Crippen LogP contribution is 2.35. The minimum absolute atomic E-state index is 0.476. The van der Waals surface area contributed by atoms with Crippen LogP contribution in [0.15, 0.2) is 42.5 Å². The van der Waals surface area contributed by atoms with E-state index in [4.69, 9.17) is 26.2 Å². The summed E-state index contributed by atoms with van der Waals surface area (Å²) in [6, 6.07) is 12.5. The van der Waals surface area contributed by atoms with E-state index >= 15 is 0 Å². The molecule has 5 unspecified atom stereocenters. The van der Waals surface area contributed by atoms with Crippen molar-refractivity contribution < 1.29 is 38.7 Å². The topological polar surface area (TPSA) is 105 Å². The van der Waals surface area contributed by atoms with Crippen LogP contribution in [0.5, 0.6) is 5.75 Å². The van der Waals surface area contributed by atoms with Crippen LogP contribution < -0.4 is 4.74 Å². The fourth-order valence-electron chi connectivity index (χ4n) is 3.49. The van der Waals surface area contributed by atoms with Gasteiger partial charge in [0.05, 0.1) is 6.61 Å². The Kier molecular flexibility index (Phi) is 7.72. The maximum Gasteiger partial charge on any atom is 0.505 e. The van der Waals surface area contributed by atoms with E-state index < -0.39 is 43.3 Å². The number of hydrogen-bond acceptors (Lipinski definition) is 6. The van der Waals surface area contributed by atoms with Gasteiger partial charge in [0.15, 0.2) is 6.17 Å². The van der Waals surface area contributed by atoms with E-state index in [-0.39, 0.29) is 0 Å². The van der Waals surface area contributed by atoms with Crippen LogP contribution in [0.25, 0.3) is 0 Å². The zero-order chi connectivity index (χ0) is 22.5. The lowest BCUT2D eigenvalue weighted by Crippen LogP contribution is -2.53. The predicted octanol–water partition coefficient (Wildman–Crippen LogP) is 3.52. The monoisotopic (exact) mass is 454 g/mol. The van der Waals surface area contributed by atoms with Gasteiger partial charge in [-0.3, -0.25) is 0 Å². The number of carbonyl (C=O) groups is 1. The van der Waals surface area contributed by atoms with Gasteiger partial charge in [0.2, 0.25) is 0 Å². The third-order valence-corrected chi connectivity index (χ3v) is 5.43. The Balaban J connectivity index is 1.80. The third-order valence-electron chi connectivity index (χ3n) is 5.06. The summed E-state index contributed by atoms with van der Waals surface area (Å²) in [5, 5.41) is 29.6. The molecular weight excluding hydrogens is 431 g/mol. The van der Waals surface area contributed by atoms with Crippen molar-refractivity contribution in [3.05, 3.63) is 64.2 Å². The minimum Gasteiger partial charge on any atom is -0.494 e. The zero-order valence-electron chi connectivity index (χ0n) is 16.8. The number of rotatable bonds is 7. The molecule has 7 nitrogen and oxygen atoms in total. The Hall–Kier alpha value is -2.39. The molecule has 0 radical (unpaired) electrons. The molecule has 1 aliphatic rings. The number of carboxylic acid groups (broad SMARTS) is 1. The van der Waals surface area contributed by atoms with Crippen molar-refractivity contribution in [2.45, 2.75) is 43.9 Å². The molecule has 0 bridgehead atoms. The van der Waals surface area contributed by atoms with Crippen molar-refractivity contribution in [3.63, 3.8) is 0 Å². The Labute approximate surface area is 183 Å². The summed E-state index contributed by atoms with van der Waals surface area (Å²) in [6.07, 6.45) is -8.84. The van der Waals surface area contributed by atoms with Gasteiger partial charge < -0.3 is 29.5 Å². The van der Waals surface area contributed by atoms with Gasteiger partial charge in [0.25, 0.3) is 0 Å². The zero-order valence-corrected chi connectivity index (χ0v) is 17.5. The van der Waals surface area contributed by atoms with Crippen LogP contribution in [0.3, 0.4) is 0 Å². The molecule has 2 aromatic rings. The number of aliphatic hydroxyl groups is 2. The van der Waals surface area contributed by atoms with Crippen LogP contribution in [0.1, 0.15) is 29.7 Å². The second-order valence-electron chi connectivity index (χ2n) is 7.20. The SMILES string of the molecule is CCOc1ccc(Cc2cc(C3OC(COC(=O)O)C(F)C(O)C3O)ccc2Cl)cc1. The Morgan fingerprint density at radius 1 is 1.16 bits per heavy atom. The van der Waals surface area contributed by atoms with Crippen molar-refractivity contribution in [2.24, 2.45) is 0 Å². The quantitative estimate of drug-likeness (QED) is 0.549. The smallest absolute Gasteiger partial charge is 0.494 e. The van der Waals surface area contributed by atoms with Crippen LogP contribution in [0.2, 0.25) is 5.02 Å². The molecule has 168 valence electrons. The second kappa shape index (κ2) is 10.3. The molecule has 2 aromatic carbocycles. The first-order valence-electron chi connectivity index (χ1n) is 9.81. The minimum atomic E-state index is -2.00.